The molecule has 0 aliphatic carbocycles. The van der Waals surface area contributed by atoms with Crippen LogP contribution in [0.3, 0.4) is 0 Å². The molecule has 3 N–H and O–H groups in total. The van der Waals surface area contributed by atoms with Gasteiger partial charge in [-0.3, -0.25) is 14.7 Å². The number of amides is 2. The van der Waals surface area contributed by atoms with E-state index < -0.39 is 0 Å². The summed E-state index contributed by atoms with van der Waals surface area (Å²) in [6.07, 6.45) is 0. The number of H-pyrrole nitrogens is 1. The van der Waals surface area contributed by atoms with Gasteiger partial charge in [0.2, 0.25) is 11.1 Å². The Morgan fingerprint density at radius 2 is 1.87 bits per heavy atom. The van der Waals surface area contributed by atoms with Crippen LogP contribution in [0.2, 0.25) is 5.02 Å². The standard InChI is InChI=1S/C20H19BrClN5O2S/c1-11-12(2)16(8-7-15(11)21)24-18(28)10-30-20-25-17(26-27-20)9-23-19(29)13-3-5-14(22)6-4-13/h3-8H,9-10H2,1-2H3,(H,23,29)(H,24,28)(H,25,26,27). The highest BCUT2D eigenvalue weighted by atomic mass is 79.9. The summed E-state index contributed by atoms with van der Waals surface area (Å²) in [7, 11) is 0. The first-order valence-corrected chi connectivity index (χ1v) is 11.1. The highest BCUT2D eigenvalue weighted by molar-refractivity contribution is 9.10. The first-order valence-electron chi connectivity index (χ1n) is 8.97. The molecule has 2 aromatic carbocycles. The molecule has 0 atom stereocenters. The molecular weight excluding hydrogens is 490 g/mol. The average Bonchev–Trinajstić information content (AvgIpc) is 3.19. The van der Waals surface area contributed by atoms with Crippen molar-refractivity contribution >= 4 is 56.8 Å². The minimum Gasteiger partial charge on any atom is -0.345 e. The van der Waals surface area contributed by atoms with Crippen LogP contribution >= 0.6 is 39.3 Å². The number of nitrogens with one attached hydrogen (secondary N) is 3. The number of aromatic amines is 1. The van der Waals surface area contributed by atoms with Crippen molar-refractivity contribution < 1.29 is 9.59 Å². The number of carbonyl (C=O) groups is 2. The molecule has 1 aromatic heterocycles. The van der Waals surface area contributed by atoms with Crippen molar-refractivity contribution in [2.45, 2.75) is 25.5 Å². The monoisotopic (exact) mass is 507 g/mol. The van der Waals surface area contributed by atoms with Crippen molar-refractivity contribution in [2.24, 2.45) is 0 Å². The Bertz CT molecular complexity index is 1070. The average molecular weight is 509 g/mol. The molecule has 0 saturated heterocycles. The zero-order valence-corrected chi connectivity index (χ0v) is 19.4. The molecule has 30 heavy (non-hydrogen) atoms. The Balaban J connectivity index is 1.48. The summed E-state index contributed by atoms with van der Waals surface area (Å²) in [6.45, 7) is 4.14. The number of thioether (sulfide) groups is 1. The van der Waals surface area contributed by atoms with Crippen LogP contribution < -0.4 is 10.6 Å². The number of halogens is 2. The van der Waals surface area contributed by atoms with E-state index in [0.717, 1.165) is 21.3 Å². The maximum absolute atomic E-state index is 12.3. The third kappa shape index (κ3) is 5.84. The van der Waals surface area contributed by atoms with Crippen molar-refractivity contribution in [3.8, 4) is 0 Å². The molecule has 0 unspecified atom stereocenters. The van der Waals surface area contributed by atoms with E-state index in [0.29, 0.717) is 21.6 Å². The number of benzene rings is 2. The van der Waals surface area contributed by atoms with Crippen LogP contribution in [0.4, 0.5) is 5.69 Å². The van der Waals surface area contributed by atoms with Crippen LogP contribution in [-0.2, 0) is 11.3 Å². The predicted octanol–water partition coefficient (Wildman–Crippen LogP) is 4.50. The van der Waals surface area contributed by atoms with Crippen LogP contribution in [0.5, 0.6) is 0 Å². The van der Waals surface area contributed by atoms with E-state index in [4.69, 9.17) is 11.6 Å². The fraction of sp³-hybridized carbons (Fsp3) is 0.200. The summed E-state index contributed by atoms with van der Waals surface area (Å²) in [5, 5.41) is 13.5. The lowest BCUT2D eigenvalue weighted by atomic mass is 10.1. The van der Waals surface area contributed by atoms with Gasteiger partial charge < -0.3 is 10.6 Å². The second-order valence-corrected chi connectivity index (χ2v) is 8.67. The molecular formula is C20H19BrClN5O2S. The summed E-state index contributed by atoms with van der Waals surface area (Å²) >= 11 is 10.5. The first-order chi connectivity index (χ1) is 14.3. The van der Waals surface area contributed by atoms with E-state index in [2.05, 4.69) is 41.7 Å². The molecule has 0 saturated carbocycles. The van der Waals surface area contributed by atoms with E-state index in [-0.39, 0.29) is 24.1 Å². The maximum Gasteiger partial charge on any atom is 0.251 e. The van der Waals surface area contributed by atoms with Crippen LogP contribution in [0, 0.1) is 13.8 Å². The Morgan fingerprint density at radius 1 is 1.13 bits per heavy atom. The van der Waals surface area contributed by atoms with Gasteiger partial charge in [-0.25, -0.2) is 4.98 Å². The lowest BCUT2D eigenvalue weighted by Crippen LogP contribution is -2.23. The summed E-state index contributed by atoms with van der Waals surface area (Å²) in [5.41, 5.74) is 3.38. The molecule has 0 aliphatic heterocycles. The number of carbonyl (C=O) groups excluding carboxylic acids is 2. The fourth-order valence-corrected chi connectivity index (χ4v) is 3.70. The first kappa shape index (κ1) is 22.3. The van der Waals surface area contributed by atoms with Gasteiger partial charge in [-0.15, -0.1) is 5.10 Å². The van der Waals surface area contributed by atoms with Crippen LogP contribution in [-0.4, -0.2) is 32.7 Å². The highest BCUT2D eigenvalue weighted by Gasteiger charge is 2.12. The molecule has 2 amide bonds. The van der Waals surface area contributed by atoms with E-state index >= 15 is 0 Å². The third-order valence-corrected chi connectivity index (χ3v) is 6.32. The fourth-order valence-electron chi connectivity index (χ4n) is 2.53. The Labute approximate surface area is 191 Å². The van der Waals surface area contributed by atoms with E-state index in [1.807, 2.05) is 26.0 Å². The number of hydrogen-bond acceptors (Lipinski definition) is 5. The van der Waals surface area contributed by atoms with Gasteiger partial charge in [-0.2, -0.15) is 0 Å². The third-order valence-electron chi connectivity index (χ3n) is 4.36. The number of anilines is 1. The Morgan fingerprint density at radius 3 is 2.60 bits per heavy atom. The number of hydrogen-bond donors (Lipinski definition) is 3. The molecule has 0 bridgehead atoms. The van der Waals surface area contributed by atoms with Gasteiger partial charge in [-0.05, 0) is 61.4 Å². The second-order valence-electron chi connectivity index (χ2n) is 6.44. The topological polar surface area (TPSA) is 99.8 Å². The quantitative estimate of drug-likeness (QED) is 0.408. The van der Waals surface area contributed by atoms with Gasteiger partial charge in [0.05, 0.1) is 12.3 Å². The van der Waals surface area contributed by atoms with Gasteiger partial charge in [0.15, 0.2) is 0 Å². The van der Waals surface area contributed by atoms with E-state index in [1.165, 1.54) is 11.8 Å². The van der Waals surface area contributed by atoms with Gasteiger partial charge >= 0.3 is 0 Å². The van der Waals surface area contributed by atoms with Crippen LogP contribution in [0.15, 0.2) is 46.0 Å². The molecule has 3 aromatic rings. The smallest absolute Gasteiger partial charge is 0.251 e. The Hall–Kier alpha value is -2.36. The minimum atomic E-state index is -0.239. The van der Waals surface area contributed by atoms with E-state index in [9.17, 15) is 9.59 Å². The molecule has 10 heteroatoms. The molecule has 0 spiro atoms. The van der Waals surface area contributed by atoms with Crippen molar-refractivity contribution in [3.05, 3.63) is 68.4 Å². The molecule has 1 heterocycles. The zero-order chi connectivity index (χ0) is 21.7. The highest BCUT2D eigenvalue weighted by Crippen LogP contribution is 2.26. The molecule has 156 valence electrons. The van der Waals surface area contributed by atoms with Gasteiger partial charge in [0.1, 0.15) is 5.82 Å². The largest absolute Gasteiger partial charge is 0.345 e. The summed E-state index contributed by atoms with van der Waals surface area (Å²) in [4.78, 5) is 28.7. The summed E-state index contributed by atoms with van der Waals surface area (Å²) < 4.78 is 1.00. The van der Waals surface area contributed by atoms with Crippen molar-refractivity contribution in [1.29, 1.82) is 0 Å². The number of nitrogens with zero attached hydrogens (tertiary/aromatic N) is 2. The van der Waals surface area contributed by atoms with Crippen molar-refractivity contribution in [2.75, 3.05) is 11.1 Å². The maximum atomic E-state index is 12.3. The van der Waals surface area contributed by atoms with Crippen LogP contribution in [0.25, 0.3) is 0 Å². The molecule has 7 nitrogen and oxygen atoms in total. The lowest BCUT2D eigenvalue weighted by Gasteiger charge is -2.11. The van der Waals surface area contributed by atoms with Crippen molar-refractivity contribution in [3.63, 3.8) is 0 Å². The summed E-state index contributed by atoms with van der Waals surface area (Å²) in [5.74, 6) is 0.284. The van der Waals surface area contributed by atoms with Gasteiger partial charge in [-0.1, -0.05) is 39.3 Å². The zero-order valence-electron chi connectivity index (χ0n) is 16.3. The minimum absolute atomic E-state index is 0.146. The van der Waals surface area contributed by atoms with E-state index in [1.54, 1.807) is 24.3 Å². The molecule has 0 radical (unpaired) electrons. The normalized spacial score (nSPS) is 10.7. The van der Waals surface area contributed by atoms with Gasteiger partial charge in [0, 0.05) is 20.7 Å². The SMILES string of the molecule is Cc1c(Br)ccc(NC(=O)CSc2n[nH]c(CNC(=O)c3ccc(Cl)cc3)n2)c1C. The summed E-state index contributed by atoms with van der Waals surface area (Å²) in [6, 6.07) is 10.4. The number of aromatic nitrogens is 3. The van der Waals surface area contributed by atoms with Gasteiger partial charge in [0.25, 0.3) is 5.91 Å². The number of rotatable bonds is 7. The van der Waals surface area contributed by atoms with Crippen LogP contribution in [0.1, 0.15) is 27.3 Å². The molecule has 0 fully saturated rings. The molecule has 0 aliphatic rings. The van der Waals surface area contributed by atoms with Crippen molar-refractivity contribution in [1.82, 2.24) is 20.5 Å². The molecule has 3 rings (SSSR count). The Kier molecular flexibility index (Phi) is 7.52. The second kappa shape index (κ2) is 10.1. The predicted molar refractivity (Wildman–Crippen MR) is 122 cm³/mol. The lowest BCUT2D eigenvalue weighted by molar-refractivity contribution is -0.113.